The fourth-order valence-electron chi connectivity index (χ4n) is 1.47. The quantitative estimate of drug-likeness (QED) is 0.840. The number of hydrogen-bond donors (Lipinski definition) is 2. The monoisotopic (exact) mass is 304 g/mol. The van der Waals surface area contributed by atoms with E-state index in [0.717, 1.165) is 6.07 Å². The Hall–Kier alpha value is -1.87. The molecule has 7 heteroatoms. The van der Waals surface area contributed by atoms with Crippen LogP contribution in [0.5, 0.6) is 0 Å². The molecule has 0 aliphatic heterocycles. The smallest absolute Gasteiger partial charge is 0.373 e. The van der Waals surface area contributed by atoms with Gasteiger partial charge in [0.15, 0.2) is 0 Å². The highest BCUT2D eigenvalue weighted by Crippen LogP contribution is 2.36. The molecule has 0 saturated carbocycles. The van der Waals surface area contributed by atoms with E-state index in [0.29, 0.717) is 0 Å². The van der Waals surface area contributed by atoms with Gasteiger partial charge in [0, 0.05) is 10.7 Å². The summed E-state index contributed by atoms with van der Waals surface area (Å²) in [6, 6.07) is 2.42. The number of halogens is 4. The highest BCUT2D eigenvalue weighted by atomic mass is 35.5. The van der Waals surface area contributed by atoms with Crippen LogP contribution in [-0.2, 0) is 11.0 Å². The fraction of sp³-hybridized carbons (Fsp3) is 0.308. The summed E-state index contributed by atoms with van der Waals surface area (Å²) >= 11 is 5.56. The number of nitrogens with one attached hydrogen (secondary N) is 2. The molecule has 1 amide bonds. The summed E-state index contributed by atoms with van der Waals surface area (Å²) in [7, 11) is 0. The second-order valence-electron chi connectivity index (χ2n) is 3.98. The minimum absolute atomic E-state index is 0.0115. The van der Waals surface area contributed by atoms with Crippen molar-refractivity contribution in [3.8, 4) is 12.3 Å². The summed E-state index contributed by atoms with van der Waals surface area (Å²) in [6.45, 7) is 1.44. The average Bonchev–Trinajstić information content (AvgIpc) is 2.36. The number of carbonyl (C=O) groups excluding carboxylic acids is 1. The first-order valence-electron chi connectivity index (χ1n) is 5.60. The maximum atomic E-state index is 12.9. The highest BCUT2D eigenvalue weighted by molar-refractivity contribution is 6.30. The zero-order valence-corrected chi connectivity index (χ0v) is 11.3. The van der Waals surface area contributed by atoms with E-state index in [1.54, 1.807) is 0 Å². The predicted molar refractivity (Wildman–Crippen MR) is 71.4 cm³/mol. The molecule has 0 heterocycles. The summed E-state index contributed by atoms with van der Waals surface area (Å²) in [4.78, 5) is 11.6. The Bertz CT molecular complexity index is 537. The third-order valence-corrected chi connectivity index (χ3v) is 2.65. The summed E-state index contributed by atoms with van der Waals surface area (Å²) in [6.07, 6.45) is 0.412. The van der Waals surface area contributed by atoms with Crippen LogP contribution >= 0.6 is 11.6 Å². The Morgan fingerprint density at radius 3 is 2.70 bits per heavy atom. The maximum Gasteiger partial charge on any atom is 0.418 e. The molecule has 3 nitrogen and oxygen atoms in total. The maximum absolute atomic E-state index is 12.9. The SMILES string of the molecule is C#CCNC(=O)C(C)Nc1ccc(Cl)cc1C(F)(F)F. The van der Waals surface area contributed by atoms with Gasteiger partial charge in [-0.25, -0.2) is 0 Å². The molecule has 1 rings (SSSR count). The number of alkyl halides is 3. The first-order chi connectivity index (χ1) is 9.25. The van der Waals surface area contributed by atoms with Gasteiger partial charge in [-0.1, -0.05) is 17.5 Å². The van der Waals surface area contributed by atoms with Crippen LogP contribution in [0.3, 0.4) is 0 Å². The van der Waals surface area contributed by atoms with E-state index in [1.165, 1.54) is 19.1 Å². The van der Waals surface area contributed by atoms with Crippen molar-refractivity contribution < 1.29 is 18.0 Å². The minimum atomic E-state index is -4.57. The van der Waals surface area contributed by atoms with Crippen molar-refractivity contribution in [1.82, 2.24) is 5.32 Å². The zero-order chi connectivity index (χ0) is 15.3. The standard InChI is InChI=1S/C13H12ClF3N2O/c1-3-6-18-12(20)8(2)19-11-5-4-9(14)7-10(11)13(15,16)17/h1,4-5,7-8,19H,6H2,2H3,(H,18,20). The molecule has 0 aliphatic rings. The lowest BCUT2D eigenvalue weighted by Crippen LogP contribution is -2.38. The van der Waals surface area contributed by atoms with Crippen LogP contribution in [0.2, 0.25) is 5.02 Å². The first-order valence-corrected chi connectivity index (χ1v) is 5.98. The zero-order valence-electron chi connectivity index (χ0n) is 10.5. The molecule has 1 atom stereocenters. The van der Waals surface area contributed by atoms with Crippen molar-refractivity contribution in [3.63, 3.8) is 0 Å². The van der Waals surface area contributed by atoms with Gasteiger partial charge >= 0.3 is 6.18 Å². The van der Waals surface area contributed by atoms with Crippen LogP contribution in [0.1, 0.15) is 12.5 Å². The van der Waals surface area contributed by atoms with E-state index in [-0.39, 0.29) is 17.3 Å². The lowest BCUT2D eigenvalue weighted by molar-refractivity contribution is -0.137. The van der Waals surface area contributed by atoms with Crippen LogP contribution in [0.15, 0.2) is 18.2 Å². The molecule has 0 fully saturated rings. The molecule has 0 aromatic heterocycles. The van der Waals surface area contributed by atoms with Crippen molar-refractivity contribution in [2.45, 2.75) is 19.1 Å². The van der Waals surface area contributed by atoms with Gasteiger partial charge in [0.05, 0.1) is 12.1 Å². The minimum Gasteiger partial charge on any atom is -0.373 e. The van der Waals surface area contributed by atoms with Crippen molar-refractivity contribution in [1.29, 1.82) is 0 Å². The van der Waals surface area contributed by atoms with Gasteiger partial charge in [-0.3, -0.25) is 4.79 Å². The van der Waals surface area contributed by atoms with Gasteiger partial charge in [0.2, 0.25) is 5.91 Å². The third-order valence-electron chi connectivity index (χ3n) is 2.42. The van der Waals surface area contributed by atoms with Crippen LogP contribution in [0, 0.1) is 12.3 Å². The Morgan fingerprint density at radius 2 is 2.15 bits per heavy atom. The van der Waals surface area contributed by atoms with Crippen LogP contribution in [-0.4, -0.2) is 18.5 Å². The first kappa shape index (κ1) is 16.2. The molecule has 0 bridgehead atoms. The number of carbonyl (C=O) groups is 1. The summed E-state index contributed by atoms with van der Waals surface area (Å²) in [5.74, 6) is 1.71. The van der Waals surface area contributed by atoms with E-state index in [9.17, 15) is 18.0 Å². The van der Waals surface area contributed by atoms with Crippen molar-refractivity contribution in [3.05, 3.63) is 28.8 Å². The Kier molecular flexibility index (Phi) is 5.28. The van der Waals surface area contributed by atoms with Crippen molar-refractivity contribution in [2.75, 3.05) is 11.9 Å². The lowest BCUT2D eigenvalue weighted by Gasteiger charge is -2.19. The lowest BCUT2D eigenvalue weighted by atomic mass is 10.1. The number of amides is 1. The second kappa shape index (κ2) is 6.53. The third kappa shape index (κ3) is 4.35. The molecule has 1 aromatic carbocycles. The average molecular weight is 305 g/mol. The fourth-order valence-corrected chi connectivity index (χ4v) is 1.64. The molecule has 0 aliphatic carbocycles. The van der Waals surface area contributed by atoms with E-state index in [4.69, 9.17) is 18.0 Å². The summed E-state index contributed by atoms with van der Waals surface area (Å²) in [5, 5.41) is 4.84. The molecule has 0 radical (unpaired) electrons. The number of anilines is 1. The Balaban J connectivity index is 2.93. The molecule has 0 spiro atoms. The molecule has 108 valence electrons. The van der Waals surface area contributed by atoms with Gasteiger partial charge in [0.25, 0.3) is 0 Å². The van der Waals surface area contributed by atoms with E-state index in [2.05, 4.69) is 16.6 Å². The van der Waals surface area contributed by atoms with Gasteiger partial charge in [-0.05, 0) is 25.1 Å². The number of benzene rings is 1. The van der Waals surface area contributed by atoms with Gasteiger partial charge in [-0.2, -0.15) is 13.2 Å². The van der Waals surface area contributed by atoms with Crippen LogP contribution in [0.4, 0.5) is 18.9 Å². The van der Waals surface area contributed by atoms with E-state index in [1.807, 2.05) is 0 Å². The molecule has 1 aromatic rings. The largest absolute Gasteiger partial charge is 0.418 e. The van der Waals surface area contributed by atoms with Gasteiger partial charge in [0.1, 0.15) is 6.04 Å². The number of rotatable bonds is 4. The van der Waals surface area contributed by atoms with Crippen LogP contribution in [0.25, 0.3) is 0 Å². The van der Waals surface area contributed by atoms with E-state index >= 15 is 0 Å². The molecule has 2 N–H and O–H groups in total. The van der Waals surface area contributed by atoms with E-state index < -0.39 is 23.7 Å². The predicted octanol–water partition coefficient (Wildman–Crippen LogP) is 2.91. The van der Waals surface area contributed by atoms with Crippen molar-refractivity contribution >= 4 is 23.2 Å². The topological polar surface area (TPSA) is 41.1 Å². The molecule has 0 saturated heterocycles. The van der Waals surface area contributed by atoms with Crippen LogP contribution < -0.4 is 10.6 Å². The molecule has 1 unspecified atom stereocenters. The molecular formula is C13H12ClF3N2O. The van der Waals surface area contributed by atoms with Gasteiger partial charge in [-0.15, -0.1) is 6.42 Å². The summed E-state index contributed by atoms with van der Waals surface area (Å²) in [5.41, 5.74) is -1.15. The second-order valence-corrected chi connectivity index (χ2v) is 4.41. The molecular weight excluding hydrogens is 293 g/mol. The summed E-state index contributed by atoms with van der Waals surface area (Å²) < 4.78 is 38.6. The Labute approximate surface area is 119 Å². The number of hydrogen-bond acceptors (Lipinski definition) is 2. The Morgan fingerprint density at radius 1 is 1.50 bits per heavy atom. The normalized spacial score (nSPS) is 12.4. The molecule has 20 heavy (non-hydrogen) atoms. The highest BCUT2D eigenvalue weighted by Gasteiger charge is 2.34. The van der Waals surface area contributed by atoms with Crippen molar-refractivity contribution in [2.24, 2.45) is 0 Å². The van der Waals surface area contributed by atoms with Gasteiger partial charge < -0.3 is 10.6 Å². The number of terminal acetylenes is 1.